The van der Waals surface area contributed by atoms with Gasteiger partial charge in [0.2, 0.25) is 23.0 Å². The molecule has 0 bridgehead atoms. The van der Waals surface area contributed by atoms with Gasteiger partial charge in [-0.3, -0.25) is 0 Å². The zero-order chi connectivity index (χ0) is 33.9. The van der Waals surface area contributed by atoms with Crippen molar-refractivity contribution < 1.29 is 45.3 Å². The van der Waals surface area contributed by atoms with E-state index in [0.29, 0.717) is 27.7 Å². The molecule has 238 valence electrons. The second kappa shape index (κ2) is 9.76. The number of furan rings is 1. The van der Waals surface area contributed by atoms with Crippen LogP contribution in [-0.4, -0.2) is 40.9 Å². The lowest BCUT2D eigenvalue weighted by Gasteiger charge is -2.22. The van der Waals surface area contributed by atoms with Gasteiger partial charge in [-0.15, -0.1) is 0 Å². The van der Waals surface area contributed by atoms with Gasteiger partial charge >= 0.3 is 0 Å². The Morgan fingerprint density at radius 3 is 1.27 bits per heavy atom. The van der Waals surface area contributed by atoms with Crippen molar-refractivity contribution in [2.75, 3.05) is 0 Å². The van der Waals surface area contributed by atoms with E-state index in [1.165, 1.54) is 0 Å². The van der Waals surface area contributed by atoms with Crippen molar-refractivity contribution in [1.82, 2.24) is 0 Å². The van der Waals surface area contributed by atoms with Crippen LogP contribution in [-0.2, 0) is 0 Å². The van der Waals surface area contributed by atoms with Crippen molar-refractivity contribution in [3.8, 4) is 68.2 Å². The number of fused-ring (bicyclic) bond motifs is 7. The van der Waals surface area contributed by atoms with E-state index in [2.05, 4.69) is 0 Å². The average Bonchev–Trinajstić information content (AvgIpc) is 3.48. The summed E-state index contributed by atoms with van der Waals surface area (Å²) in [5, 5.41) is 93.7. The van der Waals surface area contributed by atoms with E-state index in [1.807, 2.05) is 60.7 Å². The normalized spacial score (nSPS) is 11.9. The van der Waals surface area contributed by atoms with Crippen LogP contribution >= 0.6 is 0 Å². The molecule has 49 heavy (non-hydrogen) atoms. The Kier molecular flexibility index (Phi) is 5.62. The predicted octanol–water partition coefficient (Wildman–Crippen LogP) is 9.18. The molecule has 0 fully saturated rings. The van der Waals surface area contributed by atoms with Crippen molar-refractivity contribution in [2.45, 2.75) is 0 Å². The number of phenolic OH excluding ortho intramolecular Hbond substituents is 8. The molecule has 0 spiro atoms. The zero-order valence-corrected chi connectivity index (χ0v) is 25.2. The van der Waals surface area contributed by atoms with Gasteiger partial charge in [0.25, 0.3) is 0 Å². The fourth-order valence-corrected chi connectivity index (χ4v) is 7.16. The molecule has 0 aliphatic rings. The van der Waals surface area contributed by atoms with Gasteiger partial charge in [-0.05, 0) is 63.0 Å². The Labute approximate surface area is 275 Å². The van der Waals surface area contributed by atoms with Crippen LogP contribution < -0.4 is 0 Å². The van der Waals surface area contributed by atoms with E-state index in [9.17, 15) is 40.9 Å². The summed E-state index contributed by atoms with van der Waals surface area (Å²) in [5.74, 6) is -7.42. The molecule has 9 heteroatoms. The quantitative estimate of drug-likeness (QED) is 0.0516. The van der Waals surface area contributed by atoms with E-state index in [-0.39, 0.29) is 32.7 Å². The van der Waals surface area contributed by atoms with E-state index in [1.54, 1.807) is 36.4 Å². The highest BCUT2D eigenvalue weighted by molar-refractivity contribution is 6.29. The van der Waals surface area contributed by atoms with Crippen molar-refractivity contribution in [2.24, 2.45) is 0 Å². The fourth-order valence-electron chi connectivity index (χ4n) is 7.16. The summed E-state index contributed by atoms with van der Waals surface area (Å²) >= 11 is 0. The van der Waals surface area contributed by atoms with E-state index in [0.717, 1.165) is 26.9 Å². The molecule has 0 aliphatic carbocycles. The summed E-state index contributed by atoms with van der Waals surface area (Å²) < 4.78 is 6.17. The number of benzene rings is 8. The Bertz CT molecular complexity index is 2840. The summed E-state index contributed by atoms with van der Waals surface area (Å²) in [6, 6.07) is 29.3. The van der Waals surface area contributed by atoms with Crippen LogP contribution in [0.3, 0.4) is 0 Å². The fraction of sp³-hybridized carbons (Fsp3) is 0. The third-order valence-corrected chi connectivity index (χ3v) is 9.46. The molecular weight excluding hydrogens is 624 g/mol. The second-order valence-electron chi connectivity index (χ2n) is 12.1. The van der Waals surface area contributed by atoms with Crippen molar-refractivity contribution in [1.29, 1.82) is 0 Å². The number of hydrogen-bond donors (Lipinski definition) is 8. The van der Waals surface area contributed by atoms with Crippen molar-refractivity contribution >= 4 is 65.0 Å². The number of aromatic hydroxyl groups is 8. The highest BCUT2D eigenvalue weighted by atomic mass is 16.4. The molecule has 0 saturated heterocycles. The first-order valence-electron chi connectivity index (χ1n) is 15.2. The van der Waals surface area contributed by atoms with E-state index >= 15 is 0 Å². The van der Waals surface area contributed by atoms with Crippen LogP contribution in [0.25, 0.3) is 87.3 Å². The van der Waals surface area contributed by atoms with Gasteiger partial charge in [0.05, 0.1) is 0 Å². The molecule has 8 aromatic carbocycles. The van der Waals surface area contributed by atoms with Gasteiger partial charge in [0, 0.05) is 43.4 Å². The molecule has 0 radical (unpaired) electrons. The van der Waals surface area contributed by atoms with Crippen LogP contribution in [0.5, 0.6) is 46.0 Å². The molecular formula is C40H24O9. The molecule has 0 amide bonds. The molecule has 0 atom stereocenters. The highest BCUT2D eigenvalue weighted by Crippen LogP contribution is 2.62. The molecule has 9 nitrogen and oxygen atoms in total. The van der Waals surface area contributed by atoms with Crippen LogP contribution in [0.4, 0.5) is 0 Å². The number of hydrogen-bond acceptors (Lipinski definition) is 9. The molecule has 9 aromatic rings. The summed E-state index contributed by atoms with van der Waals surface area (Å²) in [4.78, 5) is 0. The van der Waals surface area contributed by atoms with Gasteiger partial charge in [0.1, 0.15) is 11.2 Å². The molecule has 0 saturated carbocycles. The Hall–Kier alpha value is -7.00. The third-order valence-electron chi connectivity index (χ3n) is 9.46. The second-order valence-corrected chi connectivity index (χ2v) is 12.1. The highest BCUT2D eigenvalue weighted by Gasteiger charge is 2.32. The molecule has 0 aliphatic heterocycles. The number of phenols is 8. The van der Waals surface area contributed by atoms with Gasteiger partial charge < -0.3 is 45.3 Å². The SMILES string of the molecule is Oc1c(O)c(O)c2c(-c3ccc4oc5cc6ccccc6cc5c4c3)c3c(O)c(O)c(O)c(O)c3c(-c3ccc4ccccc4c3)c2c1O. The van der Waals surface area contributed by atoms with Crippen LogP contribution in [0, 0.1) is 0 Å². The maximum atomic E-state index is 11.6. The first kappa shape index (κ1) is 28.2. The maximum Gasteiger partial charge on any atom is 0.204 e. The Morgan fingerprint density at radius 2 is 0.735 bits per heavy atom. The molecule has 1 heterocycles. The minimum atomic E-state index is -1.02. The van der Waals surface area contributed by atoms with Crippen LogP contribution in [0.2, 0.25) is 0 Å². The first-order valence-corrected chi connectivity index (χ1v) is 15.2. The standard InChI is InChI=1S/C40H24O9/c41-33-29-27(21-10-9-17-5-1-2-6-18(17)13-21)30-32(36(44)40(48)38(46)34(30)42)28(31(29)35(43)39(47)37(33)45)22-11-12-25-23(15-22)24-14-19-7-3-4-8-20(19)16-26(24)49-25/h1-16,41-48H. The summed E-state index contributed by atoms with van der Waals surface area (Å²) in [6.07, 6.45) is 0. The Balaban J connectivity index is 1.51. The lowest BCUT2D eigenvalue weighted by atomic mass is 9.83. The van der Waals surface area contributed by atoms with Crippen LogP contribution in [0.1, 0.15) is 0 Å². The first-order chi connectivity index (χ1) is 23.6. The summed E-state index contributed by atoms with van der Waals surface area (Å²) in [6.45, 7) is 0. The topological polar surface area (TPSA) is 175 Å². The smallest absolute Gasteiger partial charge is 0.204 e. The monoisotopic (exact) mass is 648 g/mol. The van der Waals surface area contributed by atoms with Gasteiger partial charge in [-0.25, -0.2) is 0 Å². The van der Waals surface area contributed by atoms with Crippen LogP contribution in [0.15, 0.2) is 101 Å². The van der Waals surface area contributed by atoms with E-state index in [4.69, 9.17) is 4.42 Å². The van der Waals surface area contributed by atoms with Crippen molar-refractivity contribution in [3.63, 3.8) is 0 Å². The van der Waals surface area contributed by atoms with Gasteiger partial charge in [0.15, 0.2) is 23.0 Å². The molecule has 0 unspecified atom stereocenters. The maximum absolute atomic E-state index is 11.6. The number of rotatable bonds is 2. The molecule has 1 aromatic heterocycles. The summed E-state index contributed by atoms with van der Waals surface area (Å²) in [5.41, 5.74) is 1.75. The third kappa shape index (κ3) is 3.75. The van der Waals surface area contributed by atoms with E-state index < -0.39 is 46.0 Å². The molecule has 9 rings (SSSR count). The predicted molar refractivity (Wildman–Crippen MR) is 188 cm³/mol. The average molecular weight is 649 g/mol. The lowest BCUT2D eigenvalue weighted by molar-refractivity contribution is 0.350. The zero-order valence-electron chi connectivity index (χ0n) is 25.2. The van der Waals surface area contributed by atoms with Gasteiger partial charge in [-0.1, -0.05) is 66.7 Å². The largest absolute Gasteiger partial charge is 0.504 e. The summed E-state index contributed by atoms with van der Waals surface area (Å²) in [7, 11) is 0. The minimum Gasteiger partial charge on any atom is -0.504 e. The molecule has 8 N–H and O–H groups in total. The lowest BCUT2D eigenvalue weighted by Crippen LogP contribution is -1.94. The van der Waals surface area contributed by atoms with Crippen molar-refractivity contribution in [3.05, 3.63) is 97.1 Å². The Morgan fingerprint density at radius 1 is 0.327 bits per heavy atom. The minimum absolute atomic E-state index is 0.00740. The van der Waals surface area contributed by atoms with Gasteiger partial charge in [-0.2, -0.15) is 0 Å².